The first-order valence-corrected chi connectivity index (χ1v) is 21.9. The SMILES string of the molecule is CCCCCCCC/C=C\CCCCCCCC[N+](=C=O)CCCN(CCN)CCNCOCCCCCCC/C=C\CCCCCCCC. The minimum atomic E-state index is 0.615. The number of unbranched alkanes of at least 4 members (excludes halogenated alkanes) is 23. The molecule has 0 saturated carbocycles. The molecule has 3 N–H and O–H groups in total. The summed E-state index contributed by atoms with van der Waals surface area (Å²) in [6, 6.07) is 0. The van der Waals surface area contributed by atoms with Crippen molar-refractivity contribution in [2.24, 2.45) is 5.73 Å². The van der Waals surface area contributed by atoms with Crippen LogP contribution < -0.4 is 11.1 Å². The lowest BCUT2D eigenvalue weighted by atomic mass is 10.1. The fraction of sp³-hybridized carbons (Fsp3) is 0.886. The van der Waals surface area contributed by atoms with Crippen molar-refractivity contribution in [1.82, 2.24) is 10.2 Å². The van der Waals surface area contributed by atoms with E-state index < -0.39 is 0 Å². The number of allylic oxidation sites excluding steroid dienone is 4. The summed E-state index contributed by atoms with van der Waals surface area (Å²) in [7, 11) is 0. The van der Waals surface area contributed by atoms with E-state index in [0.717, 1.165) is 65.1 Å². The molecular weight excluding hydrogens is 617 g/mol. The van der Waals surface area contributed by atoms with Crippen LogP contribution >= 0.6 is 0 Å². The monoisotopic (exact) mass is 704 g/mol. The molecule has 6 nitrogen and oxygen atoms in total. The quantitative estimate of drug-likeness (QED) is 0.0165. The molecule has 0 radical (unpaired) electrons. The van der Waals surface area contributed by atoms with Crippen LogP contribution in [0, 0.1) is 0 Å². The molecule has 0 heterocycles. The summed E-state index contributed by atoms with van der Waals surface area (Å²) in [6.45, 7) is 12.0. The second kappa shape index (κ2) is 43.9. The Morgan fingerprint density at radius 1 is 0.560 bits per heavy atom. The maximum Gasteiger partial charge on any atom is 0.424 e. The van der Waals surface area contributed by atoms with Crippen LogP contribution in [0.1, 0.15) is 194 Å². The molecule has 0 atom stereocenters. The first-order chi connectivity index (χ1) is 24.8. The Labute approximate surface area is 312 Å². The van der Waals surface area contributed by atoms with Crippen LogP contribution in [-0.4, -0.2) is 74.7 Å². The van der Waals surface area contributed by atoms with Crippen LogP contribution in [0.5, 0.6) is 0 Å². The first-order valence-electron chi connectivity index (χ1n) is 21.9. The second-order valence-corrected chi connectivity index (χ2v) is 14.6. The van der Waals surface area contributed by atoms with Gasteiger partial charge in [-0.1, -0.05) is 141 Å². The molecule has 0 saturated heterocycles. The molecule has 0 aromatic rings. The van der Waals surface area contributed by atoms with Gasteiger partial charge in [0.05, 0.1) is 6.73 Å². The van der Waals surface area contributed by atoms with Gasteiger partial charge in [0.1, 0.15) is 0 Å². The van der Waals surface area contributed by atoms with E-state index in [1.54, 1.807) is 0 Å². The predicted octanol–water partition coefficient (Wildman–Crippen LogP) is 11.2. The molecule has 6 heteroatoms. The number of nitrogens with zero attached hydrogens (tertiary/aromatic N) is 2. The van der Waals surface area contributed by atoms with Crippen molar-refractivity contribution in [3.8, 4) is 0 Å². The lowest BCUT2D eigenvalue weighted by Gasteiger charge is -2.21. The van der Waals surface area contributed by atoms with Gasteiger partial charge in [-0.2, -0.15) is 9.37 Å². The average molecular weight is 704 g/mol. The Kier molecular flexibility index (Phi) is 42.7. The molecule has 0 aromatic heterocycles. The Balaban J connectivity index is 3.60. The molecule has 0 aliphatic rings. The highest BCUT2D eigenvalue weighted by Crippen LogP contribution is 2.11. The summed E-state index contributed by atoms with van der Waals surface area (Å²) in [6.07, 6.45) is 48.2. The Bertz CT molecular complexity index is 765. The summed E-state index contributed by atoms with van der Waals surface area (Å²) < 4.78 is 7.65. The molecule has 0 rings (SSSR count). The number of nitrogens with two attached hydrogens (primary N) is 1. The number of hydrogen-bond acceptors (Lipinski definition) is 5. The Morgan fingerprint density at radius 3 is 1.48 bits per heavy atom. The molecular formula is C44H87N4O2+. The summed E-state index contributed by atoms with van der Waals surface area (Å²) >= 11 is 0. The number of rotatable bonds is 42. The number of carbonyl (C=O) groups excluding carboxylic acids is 1. The Morgan fingerprint density at radius 2 is 1.00 bits per heavy atom. The van der Waals surface area contributed by atoms with Gasteiger partial charge < -0.3 is 15.4 Å². The molecule has 0 aliphatic carbocycles. The second-order valence-electron chi connectivity index (χ2n) is 14.6. The largest absolute Gasteiger partial charge is 0.424 e. The van der Waals surface area contributed by atoms with Crippen molar-refractivity contribution >= 4 is 6.08 Å². The third-order valence-corrected chi connectivity index (χ3v) is 9.78. The summed E-state index contributed by atoms with van der Waals surface area (Å²) in [4.78, 5) is 13.9. The molecule has 0 bridgehead atoms. The molecule has 0 amide bonds. The highest BCUT2D eigenvalue weighted by atomic mass is 16.5. The van der Waals surface area contributed by atoms with E-state index in [4.69, 9.17) is 10.5 Å². The summed E-state index contributed by atoms with van der Waals surface area (Å²) in [5.41, 5.74) is 5.87. The molecule has 0 spiro atoms. The topological polar surface area (TPSA) is 70.6 Å². The lowest BCUT2D eigenvalue weighted by Crippen LogP contribution is -2.37. The van der Waals surface area contributed by atoms with Crippen LogP contribution in [0.15, 0.2) is 24.3 Å². The van der Waals surface area contributed by atoms with Gasteiger partial charge in [0, 0.05) is 52.2 Å². The molecule has 50 heavy (non-hydrogen) atoms. The summed E-state index contributed by atoms with van der Waals surface area (Å²) in [5, 5.41) is 3.42. The van der Waals surface area contributed by atoms with Gasteiger partial charge in [0.15, 0.2) is 13.1 Å². The fourth-order valence-electron chi connectivity index (χ4n) is 6.48. The van der Waals surface area contributed by atoms with Crippen LogP contribution in [0.25, 0.3) is 0 Å². The van der Waals surface area contributed by atoms with Crippen LogP contribution in [-0.2, 0) is 9.53 Å². The third-order valence-electron chi connectivity index (χ3n) is 9.78. The van der Waals surface area contributed by atoms with Crippen molar-refractivity contribution in [1.29, 1.82) is 0 Å². The van der Waals surface area contributed by atoms with E-state index in [2.05, 4.69) is 54.4 Å². The van der Waals surface area contributed by atoms with Gasteiger partial charge in [0.25, 0.3) is 0 Å². The zero-order chi connectivity index (χ0) is 36.3. The summed E-state index contributed by atoms with van der Waals surface area (Å²) in [5.74, 6) is 0. The van der Waals surface area contributed by atoms with E-state index in [1.807, 2.05) is 4.58 Å². The normalized spacial score (nSPS) is 11.8. The van der Waals surface area contributed by atoms with Gasteiger partial charge in [0.2, 0.25) is 0 Å². The number of hydrogen-bond donors (Lipinski definition) is 2. The van der Waals surface area contributed by atoms with Crippen molar-refractivity contribution in [2.45, 2.75) is 194 Å². The van der Waals surface area contributed by atoms with Crippen molar-refractivity contribution in [2.75, 3.05) is 59.2 Å². The highest BCUT2D eigenvalue weighted by molar-refractivity contribution is 5.24. The zero-order valence-electron chi connectivity index (χ0n) is 33.8. The number of isocyanates is 1. The standard InChI is InChI=1S/C44H87N4O2/c1-3-5-7-9-11-13-15-17-19-20-22-24-26-28-30-32-37-48(44-49)39-34-38-47(40-35-45)41-36-46-43-50-42-33-31-29-27-25-23-21-18-16-14-12-10-8-6-4-2/h17-19,21,46H,3-16,20,22-43,45H2,1-2H3/q+1/b19-17-,21-18-. The molecule has 0 unspecified atom stereocenters. The van der Waals surface area contributed by atoms with Gasteiger partial charge in [-0.15, -0.1) is 0 Å². The predicted molar refractivity (Wildman–Crippen MR) is 219 cm³/mol. The van der Waals surface area contributed by atoms with Crippen molar-refractivity contribution < 1.29 is 14.1 Å². The van der Waals surface area contributed by atoms with Crippen LogP contribution in [0.2, 0.25) is 0 Å². The lowest BCUT2D eigenvalue weighted by molar-refractivity contribution is -0.526. The van der Waals surface area contributed by atoms with Crippen molar-refractivity contribution in [3.63, 3.8) is 0 Å². The van der Waals surface area contributed by atoms with Crippen LogP contribution in [0.3, 0.4) is 0 Å². The Hall–Kier alpha value is -1.30. The van der Waals surface area contributed by atoms with Crippen molar-refractivity contribution in [3.05, 3.63) is 24.3 Å². The molecule has 0 fully saturated rings. The van der Waals surface area contributed by atoms with Gasteiger partial charge in [-0.3, -0.25) is 5.32 Å². The maximum absolute atomic E-state index is 11.5. The van der Waals surface area contributed by atoms with E-state index in [0.29, 0.717) is 13.3 Å². The fourth-order valence-corrected chi connectivity index (χ4v) is 6.48. The highest BCUT2D eigenvalue weighted by Gasteiger charge is 2.09. The van der Waals surface area contributed by atoms with E-state index in [9.17, 15) is 4.79 Å². The average Bonchev–Trinajstić information content (AvgIpc) is 3.13. The van der Waals surface area contributed by atoms with Gasteiger partial charge >= 0.3 is 6.08 Å². The maximum atomic E-state index is 11.5. The zero-order valence-corrected chi connectivity index (χ0v) is 33.8. The number of ether oxygens (including phenoxy) is 1. The molecule has 294 valence electrons. The van der Waals surface area contributed by atoms with E-state index >= 15 is 0 Å². The van der Waals surface area contributed by atoms with E-state index in [-0.39, 0.29) is 0 Å². The molecule has 0 aromatic carbocycles. The third kappa shape index (κ3) is 39.5. The minimum absolute atomic E-state index is 0.615. The van der Waals surface area contributed by atoms with Gasteiger partial charge in [-0.25, -0.2) is 0 Å². The minimum Gasteiger partial charge on any atom is -0.366 e. The van der Waals surface area contributed by atoms with Crippen LogP contribution in [0.4, 0.5) is 0 Å². The number of nitrogens with one attached hydrogen (secondary N) is 1. The van der Waals surface area contributed by atoms with Gasteiger partial charge in [-0.05, 0) is 64.2 Å². The first kappa shape index (κ1) is 48.7. The smallest absolute Gasteiger partial charge is 0.366 e. The molecule has 0 aliphatic heterocycles. The van der Waals surface area contributed by atoms with E-state index in [1.165, 1.54) is 161 Å².